The van der Waals surface area contributed by atoms with Crippen LogP contribution >= 0.6 is 0 Å². The Bertz CT molecular complexity index is 825. The van der Waals surface area contributed by atoms with Crippen LogP contribution in [0.5, 0.6) is 0 Å². The van der Waals surface area contributed by atoms with E-state index in [4.69, 9.17) is 4.74 Å². The molecule has 0 saturated heterocycles. The largest absolute Gasteiger partial charge is 0.387 e. The van der Waals surface area contributed by atoms with Crippen LogP contribution in [0.2, 0.25) is 0 Å². The van der Waals surface area contributed by atoms with Crippen LogP contribution in [0.15, 0.2) is 88.7 Å². The number of benzene rings is 2. The van der Waals surface area contributed by atoms with E-state index >= 15 is 0 Å². The highest BCUT2D eigenvalue weighted by atomic mass is 32.2. The number of rotatable bonds is 9. The Morgan fingerprint density at radius 2 is 1.69 bits per heavy atom. The van der Waals surface area contributed by atoms with Gasteiger partial charge in [-0.05, 0) is 24.6 Å². The van der Waals surface area contributed by atoms with Crippen molar-refractivity contribution in [2.75, 3.05) is 6.61 Å². The lowest BCUT2D eigenvalue weighted by Crippen LogP contribution is -2.12. The van der Waals surface area contributed by atoms with Gasteiger partial charge in [0.1, 0.15) is 0 Å². The summed E-state index contributed by atoms with van der Waals surface area (Å²) < 4.78 is 30.6. The average molecular weight is 372 g/mol. The summed E-state index contributed by atoms with van der Waals surface area (Å²) in [5, 5.41) is 9.95. The molecule has 0 heterocycles. The summed E-state index contributed by atoms with van der Waals surface area (Å²) >= 11 is 0. The van der Waals surface area contributed by atoms with E-state index in [1.807, 2.05) is 30.3 Å². The SMILES string of the molecule is C/C=C(/C/C=C/[C@@H](O)COCc1ccccc1)S(=O)(=O)c1ccccc1. The number of allylic oxidation sites excluding steroid dienone is 3. The minimum absolute atomic E-state index is 0.155. The van der Waals surface area contributed by atoms with E-state index in [9.17, 15) is 13.5 Å². The first-order valence-electron chi connectivity index (χ1n) is 8.45. The summed E-state index contributed by atoms with van der Waals surface area (Å²) in [6.45, 7) is 2.28. The van der Waals surface area contributed by atoms with Crippen LogP contribution in [0.4, 0.5) is 0 Å². The third-order valence-electron chi connectivity index (χ3n) is 3.80. The number of sulfone groups is 1. The number of ether oxygens (including phenoxy) is 1. The third kappa shape index (κ3) is 5.95. The molecule has 26 heavy (non-hydrogen) atoms. The summed E-state index contributed by atoms with van der Waals surface area (Å²) in [6.07, 6.45) is 4.26. The predicted octanol–water partition coefficient (Wildman–Crippen LogP) is 3.89. The van der Waals surface area contributed by atoms with Crippen molar-refractivity contribution >= 4 is 9.84 Å². The topological polar surface area (TPSA) is 63.6 Å². The highest BCUT2D eigenvalue weighted by Crippen LogP contribution is 2.21. The lowest BCUT2D eigenvalue weighted by molar-refractivity contribution is 0.0503. The van der Waals surface area contributed by atoms with Crippen molar-refractivity contribution in [2.45, 2.75) is 31.0 Å². The molecule has 0 spiro atoms. The Hall–Kier alpha value is -2.21. The fourth-order valence-corrected chi connectivity index (χ4v) is 3.85. The number of hydrogen-bond acceptors (Lipinski definition) is 4. The van der Waals surface area contributed by atoms with Crippen molar-refractivity contribution in [3.8, 4) is 0 Å². The molecule has 0 aromatic heterocycles. The lowest BCUT2D eigenvalue weighted by atomic mass is 10.2. The van der Waals surface area contributed by atoms with Gasteiger partial charge in [0.05, 0.1) is 24.2 Å². The van der Waals surface area contributed by atoms with E-state index in [0.29, 0.717) is 11.5 Å². The van der Waals surface area contributed by atoms with Gasteiger partial charge < -0.3 is 9.84 Å². The Labute approximate surface area is 155 Å². The molecule has 5 heteroatoms. The molecule has 0 amide bonds. The number of aliphatic hydroxyl groups is 1. The number of aliphatic hydroxyl groups excluding tert-OH is 1. The Balaban J connectivity index is 1.85. The van der Waals surface area contributed by atoms with Crippen LogP contribution in [0.25, 0.3) is 0 Å². The molecule has 1 atom stereocenters. The van der Waals surface area contributed by atoms with Crippen LogP contribution in [-0.4, -0.2) is 26.2 Å². The minimum Gasteiger partial charge on any atom is -0.387 e. The summed E-state index contributed by atoms with van der Waals surface area (Å²) in [5.41, 5.74) is 1.04. The van der Waals surface area contributed by atoms with Crippen LogP contribution in [0.3, 0.4) is 0 Å². The average Bonchev–Trinajstić information content (AvgIpc) is 2.66. The summed E-state index contributed by atoms with van der Waals surface area (Å²) in [4.78, 5) is 0.575. The first-order chi connectivity index (χ1) is 12.5. The van der Waals surface area contributed by atoms with E-state index in [1.54, 1.807) is 55.5 Å². The van der Waals surface area contributed by atoms with Crippen LogP contribution in [0.1, 0.15) is 18.9 Å². The molecule has 0 bridgehead atoms. The van der Waals surface area contributed by atoms with Crippen molar-refractivity contribution in [1.29, 1.82) is 0 Å². The van der Waals surface area contributed by atoms with E-state index < -0.39 is 15.9 Å². The molecule has 138 valence electrons. The molecule has 2 aromatic rings. The fourth-order valence-electron chi connectivity index (χ4n) is 2.40. The van der Waals surface area contributed by atoms with E-state index in [-0.39, 0.29) is 17.9 Å². The van der Waals surface area contributed by atoms with Crippen LogP contribution in [0, 0.1) is 0 Å². The molecule has 1 N–H and O–H groups in total. The third-order valence-corrected chi connectivity index (χ3v) is 5.78. The molecule has 0 fully saturated rings. The van der Waals surface area contributed by atoms with Gasteiger partial charge in [-0.2, -0.15) is 0 Å². The van der Waals surface area contributed by atoms with Gasteiger partial charge in [0.25, 0.3) is 0 Å². The highest BCUT2D eigenvalue weighted by Gasteiger charge is 2.18. The molecule has 0 radical (unpaired) electrons. The molecule has 0 aliphatic rings. The maximum Gasteiger partial charge on any atom is 0.202 e. The lowest BCUT2D eigenvalue weighted by Gasteiger charge is -2.09. The van der Waals surface area contributed by atoms with Gasteiger partial charge >= 0.3 is 0 Å². The standard InChI is InChI=1S/C21H24O4S/c1-2-20(26(23,24)21-13-7-4-8-14-21)15-9-12-19(22)17-25-16-18-10-5-3-6-11-18/h2-14,19,22H,15-17H2,1H3/b12-9+,20-2-/t19-/m1/s1. The number of hydrogen-bond donors (Lipinski definition) is 1. The Morgan fingerprint density at radius 3 is 2.31 bits per heavy atom. The zero-order valence-electron chi connectivity index (χ0n) is 14.8. The van der Waals surface area contributed by atoms with Crippen molar-refractivity contribution in [3.05, 3.63) is 89.4 Å². The first kappa shape index (κ1) is 20.1. The predicted molar refractivity (Wildman–Crippen MR) is 103 cm³/mol. The maximum atomic E-state index is 12.6. The summed E-state index contributed by atoms with van der Waals surface area (Å²) in [5.74, 6) is 0. The second-order valence-corrected chi connectivity index (χ2v) is 7.77. The normalized spacial score (nSPS) is 13.8. The molecular formula is C21H24O4S. The zero-order chi connectivity index (χ0) is 18.8. The van der Waals surface area contributed by atoms with Gasteiger partial charge in [0.15, 0.2) is 0 Å². The second-order valence-electron chi connectivity index (χ2n) is 5.77. The van der Waals surface area contributed by atoms with E-state index in [1.165, 1.54) is 0 Å². The first-order valence-corrected chi connectivity index (χ1v) is 9.94. The molecule has 0 aliphatic heterocycles. The molecule has 2 rings (SSSR count). The summed E-state index contributed by atoms with van der Waals surface area (Å²) in [6, 6.07) is 18.0. The van der Waals surface area contributed by atoms with Crippen molar-refractivity contribution in [2.24, 2.45) is 0 Å². The van der Waals surface area contributed by atoms with E-state index in [0.717, 1.165) is 5.56 Å². The maximum absolute atomic E-state index is 12.6. The second kappa shape index (κ2) is 10.1. The van der Waals surface area contributed by atoms with Gasteiger partial charge in [-0.15, -0.1) is 0 Å². The molecule has 0 saturated carbocycles. The quantitative estimate of drug-likeness (QED) is 0.678. The van der Waals surface area contributed by atoms with Gasteiger partial charge in [0.2, 0.25) is 9.84 Å². The van der Waals surface area contributed by atoms with Gasteiger partial charge in [-0.25, -0.2) is 8.42 Å². The monoisotopic (exact) mass is 372 g/mol. The highest BCUT2D eigenvalue weighted by molar-refractivity contribution is 7.95. The molecule has 4 nitrogen and oxygen atoms in total. The van der Waals surface area contributed by atoms with Gasteiger partial charge in [-0.1, -0.05) is 66.8 Å². The Morgan fingerprint density at radius 1 is 1.08 bits per heavy atom. The van der Waals surface area contributed by atoms with Crippen molar-refractivity contribution in [1.82, 2.24) is 0 Å². The Kier molecular flexibility index (Phi) is 7.78. The van der Waals surface area contributed by atoms with Gasteiger partial charge in [0, 0.05) is 11.3 Å². The minimum atomic E-state index is -3.51. The summed E-state index contributed by atoms with van der Waals surface area (Å²) in [7, 11) is -3.51. The fraction of sp³-hybridized carbons (Fsp3) is 0.238. The van der Waals surface area contributed by atoms with E-state index in [2.05, 4.69) is 0 Å². The van der Waals surface area contributed by atoms with Crippen LogP contribution < -0.4 is 0 Å². The zero-order valence-corrected chi connectivity index (χ0v) is 15.6. The molecule has 0 aliphatic carbocycles. The molecular weight excluding hydrogens is 348 g/mol. The van der Waals surface area contributed by atoms with Gasteiger partial charge in [-0.3, -0.25) is 0 Å². The van der Waals surface area contributed by atoms with Crippen LogP contribution in [-0.2, 0) is 21.2 Å². The van der Waals surface area contributed by atoms with Crippen molar-refractivity contribution < 1.29 is 18.3 Å². The van der Waals surface area contributed by atoms with Crippen molar-refractivity contribution in [3.63, 3.8) is 0 Å². The smallest absolute Gasteiger partial charge is 0.202 e. The molecule has 2 aromatic carbocycles. The molecule has 0 unspecified atom stereocenters.